The van der Waals surface area contributed by atoms with Gasteiger partial charge >= 0.3 is 6.03 Å². The molecule has 0 aliphatic rings. The number of guanidine groups is 1. The van der Waals surface area contributed by atoms with Gasteiger partial charge in [-0.25, -0.2) is 14.8 Å². The number of amides is 2. The lowest BCUT2D eigenvalue weighted by Gasteiger charge is -2.12. The molecule has 0 fully saturated rings. The third kappa shape index (κ3) is 6.08. The van der Waals surface area contributed by atoms with Crippen LogP contribution < -0.4 is 16.0 Å². The van der Waals surface area contributed by atoms with Crippen molar-refractivity contribution in [2.45, 2.75) is 20.3 Å². The van der Waals surface area contributed by atoms with Gasteiger partial charge in [0.15, 0.2) is 0 Å². The van der Waals surface area contributed by atoms with Crippen LogP contribution in [0.5, 0.6) is 0 Å². The molecule has 0 bridgehead atoms. The van der Waals surface area contributed by atoms with Gasteiger partial charge in [-0.3, -0.25) is 15.6 Å². The molecule has 9 heteroatoms. The van der Waals surface area contributed by atoms with Gasteiger partial charge in [-0.2, -0.15) is 0 Å². The number of rotatable bonds is 5. The van der Waals surface area contributed by atoms with E-state index in [0.717, 1.165) is 27.9 Å². The summed E-state index contributed by atoms with van der Waals surface area (Å²) in [5.74, 6) is 0.612. The van der Waals surface area contributed by atoms with E-state index in [-0.39, 0.29) is 5.96 Å². The molecule has 0 atom stereocenters. The summed E-state index contributed by atoms with van der Waals surface area (Å²) in [4.78, 5) is 29.2. The van der Waals surface area contributed by atoms with Gasteiger partial charge in [0.2, 0.25) is 11.9 Å². The topological polar surface area (TPSA) is 107 Å². The number of benzene rings is 2. The fraction of sp³-hybridized carbons (Fsp3) is 0.167. The van der Waals surface area contributed by atoms with Crippen molar-refractivity contribution in [2.24, 2.45) is 4.99 Å². The number of aromatic amines is 1. The Morgan fingerprint density at radius 1 is 1.03 bits per heavy atom. The van der Waals surface area contributed by atoms with Crippen LogP contribution in [-0.2, 0) is 6.42 Å². The van der Waals surface area contributed by atoms with E-state index in [2.05, 4.69) is 42.0 Å². The first kappa shape index (κ1) is 22.3. The maximum atomic E-state index is 12.6. The number of nitrogens with one attached hydrogen (secondary N) is 4. The summed E-state index contributed by atoms with van der Waals surface area (Å²) in [7, 11) is 0. The first-order chi connectivity index (χ1) is 16.0. The molecule has 2 heterocycles. The second-order valence-electron chi connectivity index (χ2n) is 7.53. The molecule has 0 spiro atoms. The Labute approximate surface area is 196 Å². The molecule has 2 amide bonds. The van der Waals surface area contributed by atoms with Crippen LogP contribution in [-0.4, -0.2) is 33.5 Å². The number of para-hydroxylation sites is 1. The van der Waals surface area contributed by atoms with Crippen LogP contribution in [0.1, 0.15) is 17.0 Å². The first-order valence-electron chi connectivity index (χ1n) is 10.5. The number of fused-ring (bicyclic) bond motifs is 1. The summed E-state index contributed by atoms with van der Waals surface area (Å²) in [6.45, 7) is 4.21. The number of carbonyl (C=O) groups excluding carboxylic acids is 1. The number of carbonyl (C=O) groups is 1. The molecule has 0 saturated heterocycles. The van der Waals surface area contributed by atoms with Crippen molar-refractivity contribution in [3.8, 4) is 0 Å². The van der Waals surface area contributed by atoms with Crippen LogP contribution >= 0.6 is 11.6 Å². The lowest BCUT2D eigenvalue weighted by molar-refractivity contribution is 0.256. The lowest BCUT2D eigenvalue weighted by atomic mass is 10.1. The number of aryl methyl sites for hydroxylation is 2. The molecular formula is C24H24ClN7O. The van der Waals surface area contributed by atoms with E-state index in [9.17, 15) is 4.79 Å². The molecule has 168 valence electrons. The molecule has 4 aromatic rings. The fourth-order valence-electron chi connectivity index (χ4n) is 3.46. The quantitative estimate of drug-likeness (QED) is 0.246. The molecule has 2 aromatic heterocycles. The molecule has 4 N–H and O–H groups in total. The van der Waals surface area contributed by atoms with E-state index in [4.69, 9.17) is 11.6 Å². The van der Waals surface area contributed by atoms with Crippen LogP contribution in [0.25, 0.3) is 10.9 Å². The Hall–Kier alpha value is -3.91. The Kier molecular flexibility index (Phi) is 6.85. The van der Waals surface area contributed by atoms with Crippen molar-refractivity contribution >= 4 is 46.1 Å². The molecule has 0 aliphatic carbocycles. The third-order valence-corrected chi connectivity index (χ3v) is 5.09. The first-order valence-corrected chi connectivity index (χ1v) is 10.9. The largest absolute Gasteiger partial charge is 0.361 e. The van der Waals surface area contributed by atoms with E-state index in [1.807, 2.05) is 44.3 Å². The van der Waals surface area contributed by atoms with Crippen LogP contribution in [0.3, 0.4) is 0 Å². The Balaban J connectivity index is 1.50. The number of nitrogens with zero attached hydrogens (tertiary/aromatic N) is 3. The average molecular weight is 462 g/mol. The highest BCUT2D eigenvalue weighted by atomic mass is 35.5. The monoisotopic (exact) mass is 461 g/mol. The zero-order valence-corrected chi connectivity index (χ0v) is 19.1. The molecule has 33 heavy (non-hydrogen) atoms. The number of hydrogen-bond acceptors (Lipinski definition) is 4. The minimum Gasteiger partial charge on any atom is -0.361 e. The Bertz CT molecular complexity index is 1290. The highest BCUT2D eigenvalue weighted by Crippen LogP contribution is 2.18. The predicted molar refractivity (Wildman–Crippen MR) is 133 cm³/mol. The Morgan fingerprint density at radius 3 is 2.61 bits per heavy atom. The van der Waals surface area contributed by atoms with E-state index in [1.54, 1.807) is 24.3 Å². The number of anilines is 2. The summed E-state index contributed by atoms with van der Waals surface area (Å²) < 4.78 is 0. The van der Waals surface area contributed by atoms with Crippen molar-refractivity contribution < 1.29 is 4.79 Å². The molecule has 0 unspecified atom stereocenters. The van der Waals surface area contributed by atoms with Crippen molar-refractivity contribution in [3.05, 3.63) is 82.8 Å². The van der Waals surface area contributed by atoms with E-state index >= 15 is 0 Å². The van der Waals surface area contributed by atoms with Crippen LogP contribution in [0.4, 0.5) is 16.4 Å². The fourth-order valence-corrected chi connectivity index (χ4v) is 3.65. The maximum Gasteiger partial charge on any atom is 0.326 e. The highest BCUT2D eigenvalue weighted by Gasteiger charge is 2.10. The number of halogens is 1. The second kappa shape index (κ2) is 10.1. The minimum absolute atomic E-state index is 0.249. The zero-order chi connectivity index (χ0) is 23.2. The summed E-state index contributed by atoms with van der Waals surface area (Å²) in [5.41, 5.74) is 4.43. The molecule has 0 radical (unpaired) electrons. The number of urea groups is 1. The van der Waals surface area contributed by atoms with Gasteiger partial charge in [0.1, 0.15) is 0 Å². The number of hydrogen-bond donors (Lipinski definition) is 4. The van der Waals surface area contributed by atoms with Crippen LogP contribution in [0, 0.1) is 13.8 Å². The van der Waals surface area contributed by atoms with Gasteiger partial charge < -0.3 is 10.3 Å². The molecule has 2 aromatic carbocycles. The van der Waals surface area contributed by atoms with Crippen molar-refractivity contribution in [2.75, 3.05) is 17.2 Å². The van der Waals surface area contributed by atoms with Gasteiger partial charge in [-0.15, -0.1) is 0 Å². The third-order valence-electron chi connectivity index (χ3n) is 4.85. The van der Waals surface area contributed by atoms with Gasteiger partial charge in [0, 0.05) is 45.7 Å². The number of H-pyrrole nitrogens is 1. The predicted octanol–water partition coefficient (Wildman–Crippen LogP) is 5.06. The number of aliphatic imine (C=N–C) groups is 1. The van der Waals surface area contributed by atoms with Gasteiger partial charge in [-0.05, 0) is 56.2 Å². The van der Waals surface area contributed by atoms with E-state index in [0.29, 0.717) is 29.6 Å². The maximum absolute atomic E-state index is 12.6. The minimum atomic E-state index is -0.458. The summed E-state index contributed by atoms with van der Waals surface area (Å²) in [5, 5.41) is 10.2. The summed E-state index contributed by atoms with van der Waals surface area (Å²) in [6.07, 6.45) is 2.68. The second-order valence-corrected chi connectivity index (χ2v) is 7.97. The molecule has 8 nitrogen and oxygen atoms in total. The van der Waals surface area contributed by atoms with Gasteiger partial charge in [-0.1, -0.05) is 35.9 Å². The van der Waals surface area contributed by atoms with E-state index < -0.39 is 6.03 Å². The molecule has 4 rings (SSSR count). The summed E-state index contributed by atoms with van der Waals surface area (Å²) >= 11 is 6.00. The normalized spacial score (nSPS) is 11.4. The standard InChI is InChI=1S/C24H24ClN7O/c1-15-12-16(2)29-23(28-15)31-22(32-24(33)30-19-7-5-6-18(25)13-19)26-11-10-17-14-27-21-9-4-3-8-20(17)21/h3-9,12-14,27H,10-11H2,1-2H3,(H3,26,28,29,30,31,32,33). The van der Waals surface area contributed by atoms with Crippen LogP contribution in [0.2, 0.25) is 5.02 Å². The van der Waals surface area contributed by atoms with Gasteiger partial charge in [0.25, 0.3) is 0 Å². The Morgan fingerprint density at radius 2 is 1.82 bits per heavy atom. The van der Waals surface area contributed by atoms with Crippen molar-refractivity contribution in [3.63, 3.8) is 0 Å². The SMILES string of the molecule is Cc1cc(C)nc(NC(=NCCc2c[nH]c3ccccc23)NC(=O)Nc2cccc(Cl)c2)n1. The summed E-state index contributed by atoms with van der Waals surface area (Å²) in [6, 6.07) is 16.4. The lowest BCUT2D eigenvalue weighted by Crippen LogP contribution is -2.39. The van der Waals surface area contributed by atoms with E-state index in [1.165, 1.54) is 0 Å². The van der Waals surface area contributed by atoms with Crippen molar-refractivity contribution in [1.29, 1.82) is 0 Å². The number of aromatic nitrogens is 3. The highest BCUT2D eigenvalue weighted by molar-refractivity contribution is 6.30. The molecule has 0 saturated carbocycles. The van der Waals surface area contributed by atoms with Gasteiger partial charge in [0.05, 0.1) is 0 Å². The smallest absolute Gasteiger partial charge is 0.326 e. The molecule has 0 aliphatic heterocycles. The van der Waals surface area contributed by atoms with Crippen molar-refractivity contribution in [1.82, 2.24) is 20.3 Å². The zero-order valence-electron chi connectivity index (χ0n) is 18.3. The van der Waals surface area contributed by atoms with Crippen LogP contribution in [0.15, 0.2) is 65.8 Å². The average Bonchev–Trinajstić information content (AvgIpc) is 3.16. The molecular weight excluding hydrogens is 438 g/mol.